The van der Waals surface area contributed by atoms with Crippen LogP contribution in [0.2, 0.25) is 0 Å². The van der Waals surface area contributed by atoms with E-state index in [0.717, 1.165) is 22.6 Å². The van der Waals surface area contributed by atoms with Gasteiger partial charge in [-0.1, -0.05) is 48.5 Å². The van der Waals surface area contributed by atoms with Crippen molar-refractivity contribution >= 4 is 32.4 Å². The van der Waals surface area contributed by atoms with Crippen molar-refractivity contribution in [1.29, 1.82) is 0 Å². The van der Waals surface area contributed by atoms with Crippen LogP contribution in [0.3, 0.4) is 0 Å². The third-order valence-electron chi connectivity index (χ3n) is 4.07. The van der Waals surface area contributed by atoms with Gasteiger partial charge in [0.1, 0.15) is 0 Å². The van der Waals surface area contributed by atoms with Crippen LogP contribution in [-0.4, -0.2) is 26.5 Å². The van der Waals surface area contributed by atoms with E-state index in [0.29, 0.717) is 0 Å². The topological polar surface area (TPSA) is 92.3 Å². The number of amides is 2. The van der Waals surface area contributed by atoms with Gasteiger partial charge in [-0.05, 0) is 34.5 Å². The van der Waals surface area contributed by atoms with Gasteiger partial charge in [-0.15, -0.1) is 0 Å². The van der Waals surface area contributed by atoms with E-state index in [1.807, 2.05) is 42.5 Å². The molecule has 3 aromatic rings. The summed E-state index contributed by atoms with van der Waals surface area (Å²) in [4.78, 5) is 24.4. The molecule has 0 aromatic heterocycles. The molecule has 138 valence electrons. The molecule has 0 bridgehead atoms. The maximum atomic E-state index is 12.2. The molecule has 0 saturated heterocycles. The van der Waals surface area contributed by atoms with Crippen LogP contribution in [0, 0.1) is 0 Å². The molecule has 0 heterocycles. The number of nitrogens with one attached hydrogen (secondary N) is 2. The van der Waals surface area contributed by atoms with Gasteiger partial charge in [-0.3, -0.25) is 20.4 Å². The highest BCUT2D eigenvalue weighted by Gasteiger charge is 2.13. The first-order valence-electron chi connectivity index (χ1n) is 8.20. The van der Waals surface area contributed by atoms with E-state index < -0.39 is 15.7 Å². The molecule has 0 fully saturated rings. The predicted octanol–water partition coefficient (Wildman–Crippen LogP) is 2.25. The maximum Gasteiger partial charge on any atom is 0.269 e. The Labute approximate surface area is 157 Å². The van der Waals surface area contributed by atoms with Crippen LogP contribution in [0.4, 0.5) is 0 Å². The van der Waals surface area contributed by atoms with Crippen molar-refractivity contribution in [3.05, 3.63) is 77.9 Å². The fourth-order valence-corrected chi connectivity index (χ4v) is 3.40. The minimum absolute atomic E-state index is 0.0391. The number of sulfone groups is 1. The Bertz CT molecular complexity index is 1120. The second-order valence-corrected chi connectivity index (χ2v) is 8.13. The Morgan fingerprint density at radius 3 is 2.37 bits per heavy atom. The monoisotopic (exact) mass is 382 g/mol. The van der Waals surface area contributed by atoms with Crippen molar-refractivity contribution < 1.29 is 18.0 Å². The summed E-state index contributed by atoms with van der Waals surface area (Å²) in [6.45, 7) is 0. The summed E-state index contributed by atoms with van der Waals surface area (Å²) in [5.41, 5.74) is 5.67. The van der Waals surface area contributed by atoms with Crippen LogP contribution in [0.5, 0.6) is 0 Å². The van der Waals surface area contributed by atoms with Crippen LogP contribution < -0.4 is 10.9 Å². The van der Waals surface area contributed by atoms with Gasteiger partial charge in [-0.25, -0.2) is 8.42 Å². The Kier molecular flexibility index (Phi) is 5.23. The van der Waals surface area contributed by atoms with Crippen molar-refractivity contribution in [3.8, 4) is 0 Å². The quantitative estimate of drug-likeness (QED) is 0.677. The third kappa shape index (κ3) is 4.51. The van der Waals surface area contributed by atoms with Crippen molar-refractivity contribution in [2.75, 3.05) is 6.26 Å². The van der Waals surface area contributed by atoms with E-state index in [4.69, 9.17) is 0 Å². The highest BCUT2D eigenvalue weighted by atomic mass is 32.2. The molecule has 0 spiro atoms. The molecule has 0 radical (unpaired) electrons. The minimum Gasteiger partial charge on any atom is -0.273 e. The van der Waals surface area contributed by atoms with Crippen LogP contribution >= 0.6 is 0 Å². The van der Waals surface area contributed by atoms with Gasteiger partial charge in [0, 0.05) is 11.8 Å². The number of hydrogen-bond acceptors (Lipinski definition) is 4. The van der Waals surface area contributed by atoms with Crippen molar-refractivity contribution in [3.63, 3.8) is 0 Å². The number of hydrazine groups is 1. The fraction of sp³-hybridized carbons (Fsp3) is 0.100. The second-order valence-electron chi connectivity index (χ2n) is 6.12. The number of carbonyl (C=O) groups excluding carboxylic acids is 2. The molecule has 27 heavy (non-hydrogen) atoms. The van der Waals surface area contributed by atoms with Gasteiger partial charge in [0.2, 0.25) is 5.91 Å². The molecule has 0 aliphatic rings. The molecule has 3 rings (SSSR count). The highest BCUT2D eigenvalue weighted by Crippen LogP contribution is 2.18. The minimum atomic E-state index is -3.42. The first kappa shape index (κ1) is 18.6. The van der Waals surface area contributed by atoms with E-state index >= 15 is 0 Å². The van der Waals surface area contributed by atoms with Crippen LogP contribution in [0.1, 0.15) is 15.9 Å². The highest BCUT2D eigenvalue weighted by molar-refractivity contribution is 7.90. The molecular formula is C20H18N2O4S. The van der Waals surface area contributed by atoms with Crippen molar-refractivity contribution in [2.45, 2.75) is 11.3 Å². The van der Waals surface area contributed by atoms with Gasteiger partial charge in [0.05, 0.1) is 11.3 Å². The number of carbonyl (C=O) groups is 2. The fourth-order valence-electron chi connectivity index (χ4n) is 2.73. The summed E-state index contributed by atoms with van der Waals surface area (Å²) in [5, 5.41) is 2.01. The van der Waals surface area contributed by atoms with Gasteiger partial charge in [-0.2, -0.15) is 0 Å². The average molecular weight is 382 g/mol. The Hall–Kier alpha value is -3.19. The lowest BCUT2D eigenvalue weighted by Gasteiger charge is -2.10. The normalized spacial score (nSPS) is 11.1. The third-order valence-corrected chi connectivity index (χ3v) is 5.18. The maximum absolute atomic E-state index is 12.2. The standard InChI is InChI=1S/C20H18N2O4S/c1-27(25,26)17-10-5-9-16(12-17)20(24)22-21-19(23)13-15-8-4-7-14-6-2-3-11-18(14)15/h2-12H,13H2,1H3,(H,21,23)(H,22,24). The summed E-state index contributed by atoms with van der Waals surface area (Å²) in [6.07, 6.45) is 1.17. The zero-order valence-corrected chi connectivity index (χ0v) is 15.4. The van der Waals surface area contributed by atoms with E-state index in [9.17, 15) is 18.0 Å². The molecule has 0 unspecified atom stereocenters. The lowest BCUT2D eigenvalue weighted by Crippen LogP contribution is -2.42. The summed E-state index contributed by atoms with van der Waals surface area (Å²) < 4.78 is 23.2. The average Bonchev–Trinajstić information content (AvgIpc) is 2.66. The van der Waals surface area contributed by atoms with Crippen molar-refractivity contribution in [1.82, 2.24) is 10.9 Å². The second kappa shape index (κ2) is 7.59. The molecule has 0 aliphatic heterocycles. The smallest absolute Gasteiger partial charge is 0.269 e. The van der Waals surface area contributed by atoms with Crippen LogP contribution in [0.25, 0.3) is 10.8 Å². The largest absolute Gasteiger partial charge is 0.273 e. The van der Waals surface area contributed by atoms with Crippen molar-refractivity contribution in [2.24, 2.45) is 0 Å². The molecule has 0 saturated carbocycles. The summed E-state index contributed by atoms with van der Waals surface area (Å²) >= 11 is 0. The number of hydrogen-bond donors (Lipinski definition) is 2. The summed E-state index contributed by atoms with van der Waals surface area (Å²) in [6, 6.07) is 19.1. The predicted molar refractivity (Wildman–Crippen MR) is 103 cm³/mol. The molecule has 7 heteroatoms. The molecule has 0 atom stereocenters. The van der Waals surface area contributed by atoms with E-state index in [-0.39, 0.29) is 22.8 Å². The van der Waals surface area contributed by atoms with Gasteiger partial charge < -0.3 is 0 Å². The molecule has 0 aliphatic carbocycles. The van der Waals surface area contributed by atoms with Gasteiger partial charge >= 0.3 is 0 Å². The Morgan fingerprint density at radius 2 is 1.59 bits per heavy atom. The van der Waals surface area contributed by atoms with Gasteiger partial charge in [0.25, 0.3) is 5.91 Å². The number of benzene rings is 3. The zero-order chi connectivity index (χ0) is 19.4. The summed E-state index contributed by atoms with van der Waals surface area (Å²) in [5.74, 6) is -0.967. The lowest BCUT2D eigenvalue weighted by molar-refractivity contribution is -0.121. The number of rotatable bonds is 4. The van der Waals surface area contributed by atoms with E-state index in [1.54, 1.807) is 0 Å². The van der Waals surface area contributed by atoms with Crippen LogP contribution in [0.15, 0.2) is 71.6 Å². The SMILES string of the molecule is CS(=O)(=O)c1cccc(C(=O)NNC(=O)Cc2cccc3ccccc23)c1. The Morgan fingerprint density at radius 1 is 0.889 bits per heavy atom. The lowest BCUT2D eigenvalue weighted by atomic mass is 10.0. The van der Waals surface area contributed by atoms with Gasteiger partial charge in [0.15, 0.2) is 9.84 Å². The number of fused-ring (bicyclic) bond motifs is 1. The zero-order valence-electron chi connectivity index (χ0n) is 14.6. The Balaban J connectivity index is 1.66. The van der Waals surface area contributed by atoms with E-state index in [1.165, 1.54) is 24.3 Å². The van der Waals surface area contributed by atoms with E-state index in [2.05, 4.69) is 10.9 Å². The first-order valence-corrected chi connectivity index (χ1v) is 10.1. The summed E-state index contributed by atoms with van der Waals surface area (Å²) in [7, 11) is -3.42. The molecule has 2 amide bonds. The molecule has 6 nitrogen and oxygen atoms in total. The molecule has 2 N–H and O–H groups in total. The molecular weight excluding hydrogens is 364 g/mol. The van der Waals surface area contributed by atoms with Crippen LogP contribution in [-0.2, 0) is 21.1 Å². The molecule has 3 aromatic carbocycles. The first-order chi connectivity index (χ1) is 12.8.